The number of rotatable bonds is 21. The maximum absolute atomic E-state index is 12.4. The second-order valence-corrected chi connectivity index (χ2v) is 10.1. The van der Waals surface area contributed by atoms with E-state index in [2.05, 4.69) is 18.1 Å². The number of nitrogens with zero attached hydrogens (tertiary/aromatic N) is 2. The Kier molecular flexibility index (Phi) is 14.1. The van der Waals surface area contributed by atoms with Crippen LogP contribution in [0.25, 0.3) is 34.2 Å². The van der Waals surface area contributed by atoms with E-state index in [1.54, 1.807) is 18.2 Å². The second kappa shape index (κ2) is 17.9. The van der Waals surface area contributed by atoms with Crippen molar-refractivity contribution in [1.82, 2.24) is 4.98 Å². The van der Waals surface area contributed by atoms with Crippen LogP contribution < -0.4 is 4.74 Å². The lowest BCUT2D eigenvalue weighted by Crippen LogP contribution is -2.38. The Morgan fingerprint density at radius 3 is 2.24 bits per heavy atom. The molecule has 242 valence electrons. The summed E-state index contributed by atoms with van der Waals surface area (Å²) in [6, 6.07) is 12.0. The van der Waals surface area contributed by atoms with Crippen molar-refractivity contribution in [2.24, 2.45) is 5.41 Å². The first kappa shape index (κ1) is 35.3. The van der Waals surface area contributed by atoms with Crippen LogP contribution >= 0.6 is 0 Å². The van der Waals surface area contributed by atoms with Gasteiger partial charge in [0.25, 0.3) is 0 Å². The number of pyridine rings is 1. The Balaban J connectivity index is 1.63. The van der Waals surface area contributed by atoms with Crippen LogP contribution in [0.4, 0.5) is 5.69 Å². The van der Waals surface area contributed by atoms with Crippen molar-refractivity contribution in [3.8, 4) is 16.9 Å². The van der Waals surface area contributed by atoms with Gasteiger partial charge in [-0.15, -0.1) is 0 Å². The van der Waals surface area contributed by atoms with Crippen LogP contribution in [-0.2, 0) is 23.7 Å². The van der Waals surface area contributed by atoms with Gasteiger partial charge in [-0.05, 0) is 30.2 Å². The van der Waals surface area contributed by atoms with Crippen molar-refractivity contribution in [2.45, 2.75) is 13.3 Å². The Bertz CT molecular complexity index is 1450. The van der Waals surface area contributed by atoms with E-state index >= 15 is 0 Å². The number of aliphatic hydroxyl groups is 2. The first-order chi connectivity index (χ1) is 21.8. The van der Waals surface area contributed by atoms with E-state index in [0.29, 0.717) is 34.3 Å². The molecule has 0 aliphatic carbocycles. The molecule has 45 heavy (non-hydrogen) atoms. The minimum atomic E-state index is -0.721. The molecule has 12 nitrogen and oxygen atoms in total. The molecule has 0 aliphatic heterocycles. The van der Waals surface area contributed by atoms with E-state index in [4.69, 9.17) is 33.9 Å². The van der Waals surface area contributed by atoms with Gasteiger partial charge in [-0.1, -0.05) is 50.4 Å². The molecule has 0 aliphatic rings. The summed E-state index contributed by atoms with van der Waals surface area (Å²) < 4.78 is 27.4. The summed E-state index contributed by atoms with van der Waals surface area (Å²) in [7, 11) is 0. The maximum Gasteiger partial charge on any atom is 0.344 e. The number of esters is 1. The van der Waals surface area contributed by atoms with Crippen molar-refractivity contribution in [1.29, 1.82) is 0 Å². The Labute approximate surface area is 262 Å². The molecule has 0 radical (unpaired) electrons. The third-order valence-electron chi connectivity index (χ3n) is 7.08. The zero-order valence-electron chi connectivity index (χ0n) is 25.4. The number of nitro groups is 1. The van der Waals surface area contributed by atoms with Crippen molar-refractivity contribution in [2.75, 3.05) is 66.1 Å². The molecule has 1 heterocycles. The lowest BCUT2D eigenvalue weighted by molar-refractivity contribution is -0.385. The predicted octanol–water partition coefficient (Wildman–Crippen LogP) is 4.45. The largest absolute Gasteiger partial charge is 0.475 e. The number of benzene rings is 2. The molecule has 0 saturated carbocycles. The fraction of sp³-hybridized carbons (Fsp3) is 0.394. The van der Waals surface area contributed by atoms with Gasteiger partial charge < -0.3 is 33.9 Å². The fourth-order valence-electron chi connectivity index (χ4n) is 4.68. The number of para-hydroxylation sites is 1. The predicted molar refractivity (Wildman–Crippen MR) is 170 cm³/mol. The monoisotopic (exact) mass is 624 g/mol. The molecule has 0 saturated heterocycles. The molecule has 0 fully saturated rings. The van der Waals surface area contributed by atoms with E-state index in [-0.39, 0.29) is 70.9 Å². The van der Waals surface area contributed by atoms with E-state index < -0.39 is 22.9 Å². The zero-order valence-corrected chi connectivity index (χ0v) is 25.4. The van der Waals surface area contributed by atoms with Gasteiger partial charge in [0.15, 0.2) is 12.4 Å². The van der Waals surface area contributed by atoms with Crippen LogP contribution in [0.2, 0.25) is 0 Å². The summed E-state index contributed by atoms with van der Waals surface area (Å²) in [5.74, 6) is -0.807. The summed E-state index contributed by atoms with van der Waals surface area (Å²) in [6.07, 6.45) is 3.90. The van der Waals surface area contributed by atoms with E-state index in [1.807, 2.05) is 31.2 Å². The highest BCUT2D eigenvalue weighted by Gasteiger charge is 2.30. The zero-order chi connectivity index (χ0) is 32.7. The SMILES string of the molecule is C=Cc1nc2ccccc2c(-c2ccc(OCC(=O)OCCOCC(CC)(COCCO)COCCO)c([N+](=O)[O-])c2)c1C=C. The molecule has 0 bridgehead atoms. The van der Waals surface area contributed by atoms with Gasteiger partial charge in [0.05, 0.1) is 69.0 Å². The summed E-state index contributed by atoms with van der Waals surface area (Å²) in [5, 5.41) is 30.8. The smallest absolute Gasteiger partial charge is 0.344 e. The Morgan fingerprint density at radius 1 is 0.978 bits per heavy atom. The van der Waals surface area contributed by atoms with E-state index in [1.165, 1.54) is 12.1 Å². The number of hydrogen-bond acceptors (Lipinski definition) is 11. The highest BCUT2D eigenvalue weighted by Crippen LogP contribution is 2.38. The third kappa shape index (κ3) is 9.64. The molecule has 12 heteroatoms. The first-order valence-corrected chi connectivity index (χ1v) is 14.5. The van der Waals surface area contributed by atoms with Crippen LogP contribution in [0, 0.1) is 15.5 Å². The number of carbonyl (C=O) groups is 1. The minimum Gasteiger partial charge on any atom is -0.475 e. The molecular formula is C33H40N2O10. The van der Waals surface area contributed by atoms with Gasteiger partial charge in [0, 0.05) is 28.0 Å². The first-order valence-electron chi connectivity index (χ1n) is 14.5. The van der Waals surface area contributed by atoms with Gasteiger partial charge >= 0.3 is 11.7 Å². The molecule has 3 rings (SSSR count). The summed E-state index contributed by atoms with van der Waals surface area (Å²) in [6.45, 7) is 10.1. The second-order valence-electron chi connectivity index (χ2n) is 10.1. The van der Waals surface area contributed by atoms with Crippen molar-refractivity contribution < 1.29 is 43.6 Å². The lowest BCUT2D eigenvalue weighted by atomic mass is 9.88. The number of fused-ring (bicyclic) bond motifs is 1. The maximum atomic E-state index is 12.4. The van der Waals surface area contributed by atoms with E-state index in [0.717, 1.165) is 5.39 Å². The number of ether oxygens (including phenoxy) is 5. The van der Waals surface area contributed by atoms with Gasteiger partial charge in [-0.3, -0.25) is 10.1 Å². The lowest BCUT2D eigenvalue weighted by Gasteiger charge is -2.32. The van der Waals surface area contributed by atoms with Gasteiger partial charge in [-0.25, -0.2) is 9.78 Å². The average molecular weight is 625 g/mol. The third-order valence-corrected chi connectivity index (χ3v) is 7.08. The molecule has 3 aromatic rings. The van der Waals surface area contributed by atoms with Gasteiger partial charge in [0.1, 0.15) is 6.61 Å². The van der Waals surface area contributed by atoms with Crippen LogP contribution in [0.3, 0.4) is 0 Å². The number of aromatic nitrogens is 1. The fourth-order valence-corrected chi connectivity index (χ4v) is 4.68. The molecule has 0 amide bonds. The number of nitro benzene ring substituents is 1. The van der Waals surface area contributed by atoms with Gasteiger partial charge in [-0.2, -0.15) is 0 Å². The molecule has 2 aromatic carbocycles. The minimum absolute atomic E-state index is 0.0664. The standard InChI is InChI=1S/C33H40N2O10/c1-4-25-27(5-2)34-28-10-8-7-9-26(28)32(25)24-11-12-30(29(19-24)35(39)40)45-20-31(38)44-18-17-43-23-33(6-3,21-41-15-13-36)22-42-16-14-37/h4-5,7-12,19,36-37H,1-2,6,13-18,20-23H2,3H3. The van der Waals surface area contributed by atoms with Crippen molar-refractivity contribution in [3.05, 3.63) is 77.0 Å². The number of aliphatic hydroxyl groups excluding tert-OH is 2. The van der Waals surface area contributed by atoms with Crippen LogP contribution in [0.15, 0.2) is 55.6 Å². The molecule has 0 atom stereocenters. The Morgan fingerprint density at radius 2 is 1.64 bits per heavy atom. The van der Waals surface area contributed by atoms with Gasteiger partial charge in [0.2, 0.25) is 0 Å². The quantitative estimate of drug-likeness (QED) is 0.0746. The van der Waals surface area contributed by atoms with Crippen molar-refractivity contribution >= 4 is 34.7 Å². The Hall–Kier alpha value is -4.20. The summed E-state index contributed by atoms with van der Waals surface area (Å²) in [4.78, 5) is 28.4. The van der Waals surface area contributed by atoms with Crippen molar-refractivity contribution in [3.63, 3.8) is 0 Å². The molecule has 0 spiro atoms. The number of hydrogen-bond donors (Lipinski definition) is 2. The molecule has 0 unspecified atom stereocenters. The highest BCUT2D eigenvalue weighted by molar-refractivity contribution is 6.00. The normalized spacial score (nSPS) is 11.4. The van der Waals surface area contributed by atoms with E-state index in [9.17, 15) is 14.9 Å². The summed E-state index contributed by atoms with van der Waals surface area (Å²) >= 11 is 0. The number of carbonyl (C=O) groups excluding carboxylic acids is 1. The topological polar surface area (TPSA) is 160 Å². The van der Waals surface area contributed by atoms with Crippen LogP contribution in [-0.4, -0.2) is 92.2 Å². The molecule has 1 aromatic heterocycles. The average Bonchev–Trinajstić information content (AvgIpc) is 3.06. The molecule has 2 N–H and O–H groups in total. The molecular weight excluding hydrogens is 584 g/mol. The van der Waals surface area contributed by atoms with Crippen LogP contribution in [0.5, 0.6) is 5.75 Å². The summed E-state index contributed by atoms with van der Waals surface area (Å²) in [5.41, 5.74) is 2.42. The van der Waals surface area contributed by atoms with Crippen LogP contribution in [0.1, 0.15) is 24.6 Å². The highest BCUT2D eigenvalue weighted by atomic mass is 16.6.